The first-order valence-electron chi connectivity index (χ1n) is 4.79. The number of hydrogen-bond acceptors (Lipinski definition) is 6. The van der Waals surface area contributed by atoms with E-state index in [1.54, 1.807) is 6.07 Å². The van der Waals surface area contributed by atoms with Gasteiger partial charge in [0.1, 0.15) is 16.8 Å². The average Bonchev–Trinajstić information content (AvgIpc) is 2.39. The predicted molar refractivity (Wildman–Crippen MR) is 62.1 cm³/mol. The molecule has 6 nitrogen and oxygen atoms in total. The summed E-state index contributed by atoms with van der Waals surface area (Å²) in [6.07, 6.45) is 4.30. The molecule has 0 bridgehead atoms. The summed E-state index contributed by atoms with van der Waals surface area (Å²) in [7, 11) is 0. The smallest absolute Gasteiger partial charge is 0.354 e. The lowest BCUT2D eigenvalue weighted by Gasteiger charge is -2.02. The van der Waals surface area contributed by atoms with Gasteiger partial charge < -0.3 is 5.11 Å². The van der Waals surface area contributed by atoms with Crippen molar-refractivity contribution in [1.82, 2.24) is 15.0 Å². The summed E-state index contributed by atoms with van der Waals surface area (Å²) >= 11 is 1.17. The summed E-state index contributed by atoms with van der Waals surface area (Å²) < 4.78 is 0. The molecule has 0 aromatic carbocycles. The fraction of sp³-hybridized carbons (Fsp3) is 0. The highest BCUT2D eigenvalue weighted by Gasteiger charge is 2.09. The number of aromatic nitrogens is 3. The van der Waals surface area contributed by atoms with E-state index >= 15 is 0 Å². The van der Waals surface area contributed by atoms with Crippen molar-refractivity contribution in [1.29, 1.82) is 5.26 Å². The third kappa shape index (κ3) is 2.61. The predicted octanol–water partition coefficient (Wildman–Crippen LogP) is 1.59. The highest BCUT2D eigenvalue weighted by Crippen LogP contribution is 2.27. The number of hydrogen-bond donors (Lipinski definition) is 1. The lowest BCUT2D eigenvalue weighted by molar-refractivity contribution is 0.0690. The summed E-state index contributed by atoms with van der Waals surface area (Å²) in [5, 5.41) is 18.1. The molecule has 0 aliphatic rings. The topological polar surface area (TPSA) is 99.8 Å². The molecule has 0 fully saturated rings. The maximum absolute atomic E-state index is 10.8. The molecular weight excluding hydrogens is 252 g/mol. The molecule has 0 amide bonds. The van der Waals surface area contributed by atoms with Gasteiger partial charge in [0, 0.05) is 23.5 Å². The van der Waals surface area contributed by atoms with Gasteiger partial charge in [-0.25, -0.2) is 19.7 Å². The van der Waals surface area contributed by atoms with Gasteiger partial charge in [-0.3, -0.25) is 0 Å². The number of carboxylic acids is 1. The summed E-state index contributed by atoms with van der Waals surface area (Å²) in [5.41, 5.74) is 0.151. The molecule has 7 heteroatoms. The zero-order valence-electron chi connectivity index (χ0n) is 8.94. The van der Waals surface area contributed by atoms with Gasteiger partial charge in [0.2, 0.25) is 0 Å². The molecule has 0 saturated carbocycles. The third-order valence-electron chi connectivity index (χ3n) is 1.94. The SMILES string of the molecule is N#Cc1nccnc1Sc1ccnc(C(=O)O)c1. The maximum Gasteiger partial charge on any atom is 0.354 e. The number of pyridine rings is 1. The number of nitrogens with zero attached hydrogens (tertiary/aromatic N) is 4. The average molecular weight is 258 g/mol. The van der Waals surface area contributed by atoms with E-state index in [1.807, 2.05) is 6.07 Å². The molecule has 2 rings (SSSR count). The molecule has 2 aromatic heterocycles. The standard InChI is InChI=1S/C11H6N4O2S/c12-6-9-10(15-4-3-14-9)18-7-1-2-13-8(5-7)11(16)17/h1-5H,(H,16,17). The molecule has 0 radical (unpaired) electrons. The van der Waals surface area contributed by atoms with Crippen molar-refractivity contribution < 1.29 is 9.90 Å². The van der Waals surface area contributed by atoms with Crippen LogP contribution in [0.4, 0.5) is 0 Å². The van der Waals surface area contributed by atoms with Gasteiger partial charge in [-0.05, 0) is 12.1 Å². The van der Waals surface area contributed by atoms with Gasteiger partial charge in [-0.2, -0.15) is 5.26 Å². The van der Waals surface area contributed by atoms with E-state index < -0.39 is 5.97 Å². The highest BCUT2D eigenvalue weighted by atomic mass is 32.2. The lowest BCUT2D eigenvalue weighted by atomic mass is 10.3. The van der Waals surface area contributed by atoms with Gasteiger partial charge in [0.15, 0.2) is 5.69 Å². The number of carbonyl (C=O) groups is 1. The Morgan fingerprint density at radius 1 is 1.28 bits per heavy atom. The molecule has 88 valence electrons. The van der Waals surface area contributed by atoms with Gasteiger partial charge in [-0.1, -0.05) is 11.8 Å². The maximum atomic E-state index is 10.8. The van der Waals surface area contributed by atoms with Crippen molar-refractivity contribution in [2.75, 3.05) is 0 Å². The zero-order chi connectivity index (χ0) is 13.0. The Labute approximate surface area is 106 Å². The quantitative estimate of drug-likeness (QED) is 0.892. The monoisotopic (exact) mass is 258 g/mol. The fourth-order valence-electron chi connectivity index (χ4n) is 1.18. The van der Waals surface area contributed by atoms with Crippen LogP contribution in [0.25, 0.3) is 0 Å². The Morgan fingerprint density at radius 3 is 2.78 bits per heavy atom. The first kappa shape index (κ1) is 12.0. The van der Waals surface area contributed by atoms with Crippen LogP contribution in [0.2, 0.25) is 0 Å². The molecule has 0 aliphatic carbocycles. The van der Waals surface area contributed by atoms with Crippen LogP contribution < -0.4 is 0 Å². The second kappa shape index (κ2) is 5.25. The van der Waals surface area contributed by atoms with Crippen molar-refractivity contribution in [2.24, 2.45) is 0 Å². The molecule has 0 unspecified atom stereocenters. The molecule has 0 aliphatic heterocycles. The Balaban J connectivity index is 2.32. The second-order valence-corrected chi connectivity index (χ2v) is 4.17. The van der Waals surface area contributed by atoms with E-state index in [-0.39, 0.29) is 11.4 Å². The normalized spacial score (nSPS) is 9.72. The van der Waals surface area contributed by atoms with E-state index in [1.165, 1.54) is 36.4 Å². The van der Waals surface area contributed by atoms with Crippen LogP contribution in [-0.2, 0) is 0 Å². The lowest BCUT2D eigenvalue weighted by Crippen LogP contribution is -1.99. The van der Waals surface area contributed by atoms with E-state index in [4.69, 9.17) is 10.4 Å². The van der Waals surface area contributed by atoms with Gasteiger partial charge in [0.25, 0.3) is 0 Å². The van der Waals surface area contributed by atoms with E-state index in [9.17, 15) is 4.79 Å². The van der Waals surface area contributed by atoms with Crippen LogP contribution in [0.15, 0.2) is 40.6 Å². The minimum atomic E-state index is -1.10. The van der Waals surface area contributed by atoms with Crippen molar-refractivity contribution >= 4 is 17.7 Å². The van der Waals surface area contributed by atoms with Gasteiger partial charge >= 0.3 is 5.97 Å². The van der Waals surface area contributed by atoms with Crippen LogP contribution in [0.1, 0.15) is 16.2 Å². The van der Waals surface area contributed by atoms with Crippen molar-refractivity contribution in [3.63, 3.8) is 0 Å². The molecule has 0 atom stereocenters. The van der Waals surface area contributed by atoms with E-state index in [2.05, 4.69) is 15.0 Å². The molecule has 18 heavy (non-hydrogen) atoms. The van der Waals surface area contributed by atoms with Crippen molar-refractivity contribution in [3.8, 4) is 6.07 Å². The summed E-state index contributed by atoms with van der Waals surface area (Å²) in [5.74, 6) is -1.10. The molecule has 2 heterocycles. The Morgan fingerprint density at radius 2 is 2.06 bits per heavy atom. The van der Waals surface area contributed by atoms with Crippen LogP contribution in [0.3, 0.4) is 0 Å². The first-order valence-corrected chi connectivity index (χ1v) is 5.60. The molecule has 2 aromatic rings. The molecule has 0 spiro atoms. The second-order valence-electron chi connectivity index (χ2n) is 3.11. The number of carboxylic acid groups (broad SMARTS) is 1. The van der Waals surface area contributed by atoms with Crippen LogP contribution in [0.5, 0.6) is 0 Å². The first-order chi connectivity index (χ1) is 8.70. The minimum Gasteiger partial charge on any atom is -0.477 e. The van der Waals surface area contributed by atoms with Crippen molar-refractivity contribution in [2.45, 2.75) is 9.92 Å². The zero-order valence-corrected chi connectivity index (χ0v) is 9.76. The minimum absolute atomic E-state index is 0.0533. The van der Waals surface area contributed by atoms with E-state index in [0.717, 1.165) is 0 Å². The summed E-state index contributed by atoms with van der Waals surface area (Å²) in [4.78, 5) is 23.0. The largest absolute Gasteiger partial charge is 0.477 e. The van der Waals surface area contributed by atoms with Gasteiger partial charge in [-0.15, -0.1) is 0 Å². The molecular formula is C11H6N4O2S. The summed E-state index contributed by atoms with van der Waals surface area (Å²) in [6, 6.07) is 4.99. The number of rotatable bonds is 3. The van der Waals surface area contributed by atoms with Crippen LogP contribution in [-0.4, -0.2) is 26.0 Å². The summed E-state index contributed by atoms with van der Waals surface area (Å²) in [6.45, 7) is 0. The number of nitriles is 1. The van der Waals surface area contributed by atoms with E-state index in [0.29, 0.717) is 9.92 Å². The van der Waals surface area contributed by atoms with Crippen LogP contribution in [0, 0.1) is 11.3 Å². The van der Waals surface area contributed by atoms with Gasteiger partial charge in [0.05, 0.1) is 0 Å². The molecule has 1 N–H and O–H groups in total. The highest BCUT2D eigenvalue weighted by molar-refractivity contribution is 7.99. The Bertz CT molecular complexity index is 639. The third-order valence-corrected chi connectivity index (χ3v) is 2.92. The number of aromatic carboxylic acids is 1. The Kier molecular flexibility index (Phi) is 3.50. The fourth-order valence-corrected chi connectivity index (χ4v) is 2.01. The molecule has 0 saturated heterocycles. The van der Waals surface area contributed by atoms with Crippen molar-refractivity contribution in [3.05, 3.63) is 42.1 Å². The van der Waals surface area contributed by atoms with Crippen LogP contribution >= 0.6 is 11.8 Å². The Hall–Kier alpha value is -2.46.